The van der Waals surface area contributed by atoms with E-state index in [1.165, 1.54) is 6.07 Å². The number of halogens is 3. The van der Waals surface area contributed by atoms with Crippen LogP contribution in [0.1, 0.15) is 31.4 Å². The van der Waals surface area contributed by atoms with Gasteiger partial charge in [0.2, 0.25) is 0 Å². The van der Waals surface area contributed by atoms with Crippen LogP contribution in [0.3, 0.4) is 0 Å². The number of nitrogens with one attached hydrogen (secondary N) is 1. The molecule has 1 aliphatic heterocycles. The normalized spacial score (nSPS) is 17.8. The molecule has 1 aliphatic rings. The Morgan fingerprint density at radius 3 is 2.58 bits per heavy atom. The molecule has 0 aromatic heterocycles. The van der Waals surface area contributed by atoms with E-state index in [1.807, 2.05) is 0 Å². The summed E-state index contributed by atoms with van der Waals surface area (Å²) in [6, 6.07) is 4.48. The zero-order valence-corrected chi connectivity index (χ0v) is 12.0. The van der Waals surface area contributed by atoms with Crippen LogP contribution >= 0.6 is 12.4 Å². The molecule has 5 heteroatoms. The molecule has 1 atom stereocenters. The molecule has 0 bridgehead atoms. The molecule has 0 amide bonds. The lowest BCUT2D eigenvalue weighted by atomic mass is 9.99. The second kappa shape index (κ2) is 7.78. The third kappa shape index (κ3) is 3.88. The Hall–Kier alpha value is -0.710. The second-order valence-electron chi connectivity index (χ2n) is 4.73. The number of nitrogens with zero attached hydrogens (tertiary/aromatic N) is 1. The predicted octanol–water partition coefficient (Wildman–Crippen LogP) is 3.13. The summed E-state index contributed by atoms with van der Waals surface area (Å²) in [5.41, 5.74) is 0.499. The lowest BCUT2D eigenvalue weighted by Crippen LogP contribution is -2.45. The van der Waals surface area contributed by atoms with Gasteiger partial charge in [-0.05, 0) is 12.5 Å². The maximum Gasteiger partial charge on any atom is 0.163 e. The number of hydrogen-bond acceptors (Lipinski definition) is 2. The van der Waals surface area contributed by atoms with Crippen LogP contribution in [0.25, 0.3) is 0 Å². The van der Waals surface area contributed by atoms with E-state index in [9.17, 15) is 8.78 Å². The summed E-state index contributed by atoms with van der Waals surface area (Å²) in [5, 5.41) is 3.28. The van der Waals surface area contributed by atoms with Crippen molar-refractivity contribution in [3.63, 3.8) is 0 Å². The highest BCUT2D eigenvalue weighted by atomic mass is 35.5. The van der Waals surface area contributed by atoms with Gasteiger partial charge >= 0.3 is 0 Å². The number of rotatable bonds is 4. The Kier molecular flexibility index (Phi) is 6.69. The van der Waals surface area contributed by atoms with Crippen molar-refractivity contribution < 1.29 is 8.78 Å². The fraction of sp³-hybridized carbons (Fsp3) is 0.571. The highest BCUT2D eigenvalue weighted by molar-refractivity contribution is 5.85. The number of piperazine rings is 1. The van der Waals surface area contributed by atoms with Gasteiger partial charge in [-0.25, -0.2) is 8.78 Å². The minimum absolute atomic E-state index is 0. The van der Waals surface area contributed by atoms with Gasteiger partial charge in [-0.3, -0.25) is 4.90 Å². The lowest BCUT2D eigenvalue weighted by molar-refractivity contribution is 0.160. The Morgan fingerprint density at radius 2 is 1.95 bits per heavy atom. The van der Waals surface area contributed by atoms with Gasteiger partial charge in [0.25, 0.3) is 0 Å². The summed E-state index contributed by atoms with van der Waals surface area (Å²) in [7, 11) is 0. The molecule has 2 nitrogen and oxygen atoms in total. The van der Waals surface area contributed by atoms with Gasteiger partial charge in [-0.1, -0.05) is 25.5 Å². The Bertz CT molecular complexity index is 395. The van der Waals surface area contributed by atoms with E-state index in [4.69, 9.17) is 0 Å². The van der Waals surface area contributed by atoms with Gasteiger partial charge in [0.05, 0.1) is 0 Å². The first kappa shape index (κ1) is 16.3. The fourth-order valence-electron chi connectivity index (χ4n) is 2.58. The maximum absolute atomic E-state index is 13.9. The monoisotopic (exact) mass is 290 g/mol. The lowest BCUT2D eigenvalue weighted by Gasteiger charge is -2.35. The average molecular weight is 291 g/mol. The molecular weight excluding hydrogens is 270 g/mol. The Morgan fingerprint density at radius 1 is 1.26 bits per heavy atom. The summed E-state index contributed by atoms with van der Waals surface area (Å²) >= 11 is 0. The van der Waals surface area contributed by atoms with Crippen LogP contribution < -0.4 is 5.32 Å². The third-order valence-corrected chi connectivity index (χ3v) is 3.49. The summed E-state index contributed by atoms with van der Waals surface area (Å²) in [6.07, 6.45) is 1.82. The summed E-state index contributed by atoms with van der Waals surface area (Å²) < 4.78 is 27.3. The second-order valence-corrected chi connectivity index (χ2v) is 4.73. The molecule has 1 N–H and O–H groups in total. The first-order valence-electron chi connectivity index (χ1n) is 6.62. The zero-order valence-electron chi connectivity index (χ0n) is 11.2. The van der Waals surface area contributed by atoms with Crippen molar-refractivity contribution in [2.75, 3.05) is 26.2 Å². The van der Waals surface area contributed by atoms with Crippen molar-refractivity contribution in [2.24, 2.45) is 0 Å². The van der Waals surface area contributed by atoms with E-state index in [1.54, 1.807) is 12.1 Å². The van der Waals surface area contributed by atoms with Crippen molar-refractivity contribution in [1.29, 1.82) is 0 Å². The van der Waals surface area contributed by atoms with Crippen LogP contribution in [0.5, 0.6) is 0 Å². The topological polar surface area (TPSA) is 15.3 Å². The van der Waals surface area contributed by atoms with Gasteiger partial charge in [0, 0.05) is 37.8 Å². The molecule has 0 radical (unpaired) electrons. The molecule has 1 aromatic carbocycles. The maximum atomic E-state index is 13.9. The molecule has 0 unspecified atom stereocenters. The highest BCUT2D eigenvalue weighted by Gasteiger charge is 2.24. The van der Waals surface area contributed by atoms with Crippen molar-refractivity contribution >= 4 is 12.4 Å². The van der Waals surface area contributed by atoms with E-state index < -0.39 is 11.6 Å². The van der Waals surface area contributed by atoms with Crippen molar-refractivity contribution in [3.8, 4) is 0 Å². The molecule has 1 saturated heterocycles. The van der Waals surface area contributed by atoms with Crippen LogP contribution in [0.4, 0.5) is 8.78 Å². The molecule has 1 aromatic rings. The molecule has 0 spiro atoms. The number of benzene rings is 1. The SMILES string of the molecule is CCC[C@H](c1cccc(F)c1F)N1CCNCC1.Cl. The molecule has 1 heterocycles. The third-order valence-electron chi connectivity index (χ3n) is 3.49. The zero-order chi connectivity index (χ0) is 13.0. The Balaban J connectivity index is 0.00000180. The van der Waals surface area contributed by atoms with Crippen LogP contribution in [-0.2, 0) is 0 Å². The van der Waals surface area contributed by atoms with E-state index in [2.05, 4.69) is 17.1 Å². The van der Waals surface area contributed by atoms with E-state index >= 15 is 0 Å². The van der Waals surface area contributed by atoms with E-state index in [0.717, 1.165) is 39.0 Å². The van der Waals surface area contributed by atoms with Crippen LogP contribution in [0.15, 0.2) is 18.2 Å². The fourth-order valence-corrected chi connectivity index (χ4v) is 2.58. The average Bonchev–Trinajstić information content (AvgIpc) is 2.41. The van der Waals surface area contributed by atoms with E-state index in [-0.39, 0.29) is 18.4 Å². The van der Waals surface area contributed by atoms with Crippen molar-refractivity contribution in [3.05, 3.63) is 35.4 Å². The minimum Gasteiger partial charge on any atom is -0.314 e. The molecular formula is C14H21ClF2N2. The van der Waals surface area contributed by atoms with Gasteiger partial charge in [-0.2, -0.15) is 0 Å². The van der Waals surface area contributed by atoms with E-state index in [0.29, 0.717) is 5.56 Å². The van der Waals surface area contributed by atoms with Gasteiger partial charge < -0.3 is 5.32 Å². The summed E-state index contributed by atoms with van der Waals surface area (Å²) in [5.74, 6) is -1.43. The molecule has 0 aliphatic carbocycles. The molecule has 1 fully saturated rings. The van der Waals surface area contributed by atoms with Crippen LogP contribution in [-0.4, -0.2) is 31.1 Å². The quantitative estimate of drug-likeness (QED) is 0.916. The molecule has 0 saturated carbocycles. The van der Waals surface area contributed by atoms with Gasteiger partial charge in [0.1, 0.15) is 0 Å². The highest BCUT2D eigenvalue weighted by Crippen LogP contribution is 2.29. The molecule has 19 heavy (non-hydrogen) atoms. The van der Waals surface area contributed by atoms with Crippen molar-refractivity contribution in [1.82, 2.24) is 10.2 Å². The van der Waals surface area contributed by atoms with Crippen molar-refractivity contribution in [2.45, 2.75) is 25.8 Å². The molecule has 2 rings (SSSR count). The first-order valence-corrected chi connectivity index (χ1v) is 6.62. The summed E-state index contributed by atoms with van der Waals surface area (Å²) in [4.78, 5) is 2.25. The molecule has 108 valence electrons. The van der Waals surface area contributed by atoms with Crippen LogP contribution in [0.2, 0.25) is 0 Å². The van der Waals surface area contributed by atoms with Gasteiger partial charge in [-0.15, -0.1) is 12.4 Å². The summed E-state index contributed by atoms with van der Waals surface area (Å²) in [6.45, 7) is 5.68. The van der Waals surface area contributed by atoms with Crippen LogP contribution in [0, 0.1) is 11.6 Å². The predicted molar refractivity (Wildman–Crippen MR) is 75.7 cm³/mol. The smallest absolute Gasteiger partial charge is 0.163 e. The first-order chi connectivity index (χ1) is 8.74. The minimum atomic E-state index is -0.747. The standard InChI is InChI=1S/C14H20F2N2.ClH/c1-2-4-13(18-9-7-17-8-10-18)11-5-3-6-12(15)14(11)16;/h3,5-6,13,17H,2,4,7-10H2,1H3;1H/t13-;/m1./s1. The van der Waals surface area contributed by atoms with Gasteiger partial charge in [0.15, 0.2) is 11.6 Å². The largest absolute Gasteiger partial charge is 0.314 e. The Labute approximate surface area is 119 Å². The number of hydrogen-bond donors (Lipinski definition) is 1.